The van der Waals surface area contributed by atoms with Crippen molar-refractivity contribution in [1.82, 2.24) is 9.91 Å². The number of hydrogen-bond donors (Lipinski definition) is 1. The van der Waals surface area contributed by atoms with Crippen molar-refractivity contribution in [3.05, 3.63) is 0 Å². The minimum atomic E-state index is 0.356. The molecule has 0 aromatic carbocycles. The molecular formula is C8H17N3. The van der Waals surface area contributed by atoms with Gasteiger partial charge in [0.2, 0.25) is 0 Å². The van der Waals surface area contributed by atoms with Gasteiger partial charge in [-0.15, -0.1) is 0 Å². The molecule has 3 heteroatoms. The Bertz CT molecular complexity index is 159. The molecule has 2 fully saturated rings. The molecule has 2 N–H and O–H groups in total. The number of rotatable bonds is 0. The van der Waals surface area contributed by atoms with Crippen LogP contribution in [0, 0.1) is 0 Å². The third-order valence-electron chi connectivity index (χ3n) is 3.17. The highest BCUT2D eigenvalue weighted by molar-refractivity contribution is 4.99. The second-order valence-corrected chi connectivity index (χ2v) is 4.01. The van der Waals surface area contributed by atoms with E-state index in [1.54, 1.807) is 0 Å². The third kappa shape index (κ3) is 1.08. The normalized spacial score (nSPS) is 40.9. The zero-order valence-electron chi connectivity index (χ0n) is 7.21. The van der Waals surface area contributed by atoms with Gasteiger partial charge in [-0.1, -0.05) is 0 Å². The first-order chi connectivity index (χ1) is 5.23. The van der Waals surface area contributed by atoms with E-state index in [-0.39, 0.29) is 0 Å². The van der Waals surface area contributed by atoms with Gasteiger partial charge in [-0.2, -0.15) is 0 Å². The number of likely N-dealkylation sites (tertiary alicyclic amines) is 1. The molecular weight excluding hydrogens is 138 g/mol. The van der Waals surface area contributed by atoms with Gasteiger partial charge >= 0.3 is 0 Å². The quantitative estimate of drug-likeness (QED) is 0.501. The highest BCUT2D eigenvalue weighted by Crippen LogP contribution is 2.34. The summed E-state index contributed by atoms with van der Waals surface area (Å²) in [5.74, 6) is 5.94. The highest BCUT2D eigenvalue weighted by atomic mass is 15.5. The van der Waals surface area contributed by atoms with Gasteiger partial charge < -0.3 is 4.90 Å². The van der Waals surface area contributed by atoms with Crippen LogP contribution in [0.25, 0.3) is 0 Å². The predicted molar refractivity (Wildman–Crippen MR) is 45.0 cm³/mol. The van der Waals surface area contributed by atoms with Gasteiger partial charge in [0.15, 0.2) is 0 Å². The largest absolute Gasteiger partial charge is 0.304 e. The van der Waals surface area contributed by atoms with E-state index < -0.39 is 0 Å². The van der Waals surface area contributed by atoms with Gasteiger partial charge in [-0.3, -0.25) is 5.84 Å². The van der Waals surface area contributed by atoms with Gasteiger partial charge in [0.05, 0.1) is 0 Å². The molecule has 1 unspecified atom stereocenters. The smallest absolute Gasteiger partial charge is 0.0491 e. The summed E-state index contributed by atoms with van der Waals surface area (Å²) in [7, 11) is 2.18. The van der Waals surface area contributed by atoms with Crippen LogP contribution in [0.2, 0.25) is 0 Å². The standard InChI is InChI=1S/C8H17N3/c1-10-6-4-8(7-10)3-2-5-11(8)9/h2-7,9H2,1H3. The molecule has 0 amide bonds. The molecule has 0 radical (unpaired) electrons. The molecule has 2 heterocycles. The molecule has 0 aliphatic carbocycles. The summed E-state index contributed by atoms with van der Waals surface area (Å²) in [6.45, 7) is 3.48. The Kier molecular flexibility index (Phi) is 1.67. The lowest BCUT2D eigenvalue weighted by atomic mass is 9.96. The van der Waals surface area contributed by atoms with Crippen molar-refractivity contribution in [1.29, 1.82) is 0 Å². The summed E-state index contributed by atoms with van der Waals surface area (Å²) < 4.78 is 0. The molecule has 1 atom stereocenters. The number of likely N-dealkylation sites (N-methyl/N-ethyl adjacent to an activating group) is 1. The molecule has 2 aliphatic heterocycles. The van der Waals surface area contributed by atoms with Crippen molar-refractivity contribution in [3.63, 3.8) is 0 Å². The average Bonchev–Trinajstić information content (AvgIpc) is 2.46. The Morgan fingerprint density at radius 2 is 2.09 bits per heavy atom. The molecule has 2 aliphatic rings. The maximum atomic E-state index is 5.94. The second-order valence-electron chi connectivity index (χ2n) is 4.01. The summed E-state index contributed by atoms with van der Waals surface area (Å²) in [4.78, 5) is 2.38. The van der Waals surface area contributed by atoms with Crippen molar-refractivity contribution >= 4 is 0 Å². The maximum absolute atomic E-state index is 5.94. The minimum Gasteiger partial charge on any atom is -0.304 e. The Labute approximate surface area is 68.1 Å². The fourth-order valence-corrected chi connectivity index (χ4v) is 2.46. The molecule has 0 bridgehead atoms. The Morgan fingerprint density at radius 3 is 2.55 bits per heavy atom. The van der Waals surface area contributed by atoms with Gasteiger partial charge in [0.25, 0.3) is 0 Å². The zero-order valence-corrected chi connectivity index (χ0v) is 7.21. The molecule has 2 rings (SSSR count). The summed E-state index contributed by atoms with van der Waals surface area (Å²) in [6.07, 6.45) is 3.85. The number of nitrogens with zero attached hydrogens (tertiary/aromatic N) is 2. The molecule has 0 aromatic heterocycles. The third-order valence-corrected chi connectivity index (χ3v) is 3.17. The lowest BCUT2D eigenvalue weighted by Gasteiger charge is -2.30. The number of hydrogen-bond acceptors (Lipinski definition) is 3. The van der Waals surface area contributed by atoms with Crippen LogP contribution in [0.5, 0.6) is 0 Å². The Balaban J connectivity index is 2.10. The highest BCUT2D eigenvalue weighted by Gasteiger charge is 2.43. The zero-order chi connectivity index (χ0) is 7.90. The van der Waals surface area contributed by atoms with E-state index in [0.717, 1.165) is 6.54 Å². The fraction of sp³-hybridized carbons (Fsp3) is 1.00. The first-order valence-corrected chi connectivity index (χ1v) is 4.44. The van der Waals surface area contributed by atoms with Gasteiger partial charge in [-0.25, -0.2) is 5.01 Å². The second kappa shape index (κ2) is 2.44. The molecule has 2 saturated heterocycles. The van der Waals surface area contributed by atoms with Gasteiger partial charge in [0.1, 0.15) is 0 Å². The van der Waals surface area contributed by atoms with Crippen LogP contribution in [0.3, 0.4) is 0 Å². The Morgan fingerprint density at radius 1 is 1.27 bits per heavy atom. The SMILES string of the molecule is CN1CCC2(CCCN2N)C1. The van der Waals surface area contributed by atoms with Crippen LogP contribution < -0.4 is 5.84 Å². The molecule has 0 aromatic rings. The van der Waals surface area contributed by atoms with Gasteiger partial charge in [-0.05, 0) is 32.9 Å². The lowest BCUT2D eigenvalue weighted by molar-refractivity contribution is 0.147. The van der Waals surface area contributed by atoms with Crippen LogP contribution >= 0.6 is 0 Å². The molecule has 0 saturated carbocycles. The monoisotopic (exact) mass is 155 g/mol. The van der Waals surface area contributed by atoms with Crippen LogP contribution in [0.4, 0.5) is 0 Å². The number of hydrazine groups is 1. The van der Waals surface area contributed by atoms with E-state index in [2.05, 4.69) is 17.0 Å². The van der Waals surface area contributed by atoms with E-state index in [0.29, 0.717) is 5.54 Å². The van der Waals surface area contributed by atoms with Crippen molar-refractivity contribution in [2.75, 3.05) is 26.7 Å². The van der Waals surface area contributed by atoms with Crippen LogP contribution in [0.15, 0.2) is 0 Å². The summed E-state index contributed by atoms with van der Waals surface area (Å²) in [6, 6.07) is 0. The van der Waals surface area contributed by atoms with Gasteiger partial charge in [0, 0.05) is 18.6 Å². The summed E-state index contributed by atoms with van der Waals surface area (Å²) in [5, 5.41) is 2.07. The maximum Gasteiger partial charge on any atom is 0.0491 e. The molecule has 11 heavy (non-hydrogen) atoms. The van der Waals surface area contributed by atoms with E-state index in [1.807, 2.05) is 0 Å². The van der Waals surface area contributed by atoms with E-state index in [9.17, 15) is 0 Å². The van der Waals surface area contributed by atoms with Crippen LogP contribution in [-0.4, -0.2) is 42.1 Å². The lowest BCUT2D eigenvalue weighted by Crippen LogP contribution is -2.49. The van der Waals surface area contributed by atoms with Crippen molar-refractivity contribution in [3.8, 4) is 0 Å². The van der Waals surface area contributed by atoms with Crippen LogP contribution in [0.1, 0.15) is 19.3 Å². The van der Waals surface area contributed by atoms with E-state index in [4.69, 9.17) is 5.84 Å². The van der Waals surface area contributed by atoms with E-state index in [1.165, 1.54) is 32.4 Å². The van der Waals surface area contributed by atoms with Crippen LogP contribution in [-0.2, 0) is 0 Å². The average molecular weight is 155 g/mol. The summed E-state index contributed by atoms with van der Waals surface area (Å²) in [5.41, 5.74) is 0.356. The van der Waals surface area contributed by atoms with Crippen molar-refractivity contribution in [2.24, 2.45) is 5.84 Å². The summed E-state index contributed by atoms with van der Waals surface area (Å²) >= 11 is 0. The molecule has 3 nitrogen and oxygen atoms in total. The topological polar surface area (TPSA) is 32.5 Å². The Hall–Kier alpha value is -0.120. The van der Waals surface area contributed by atoms with Crippen molar-refractivity contribution < 1.29 is 0 Å². The molecule has 1 spiro atoms. The van der Waals surface area contributed by atoms with E-state index >= 15 is 0 Å². The predicted octanol–water partition coefficient (Wildman–Crippen LogP) is 0.0302. The molecule has 64 valence electrons. The first kappa shape index (κ1) is 7.53. The number of nitrogens with two attached hydrogens (primary N) is 1. The first-order valence-electron chi connectivity index (χ1n) is 4.44. The fourth-order valence-electron chi connectivity index (χ4n) is 2.46. The minimum absolute atomic E-state index is 0.356. The van der Waals surface area contributed by atoms with Crippen molar-refractivity contribution in [2.45, 2.75) is 24.8 Å².